The van der Waals surface area contributed by atoms with Gasteiger partial charge in [-0.05, 0) is 44.0 Å². The molecular weight excluding hydrogens is 389 g/mol. The third-order valence-electron chi connectivity index (χ3n) is 4.54. The van der Waals surface area contributed by atoms with Crippen molar-refractivity contribution in [2.45, 2.75) is 38.6 Å². The van der Waals surface area contributed by atoms with Gasteiger partial charge in [0.05, 0.1) is 17.8 Å². The summed E-state index contributed by atoms with van der Waals surface area (Å²) in [5.41, 5.74) is 1.19. The van der Waals surface area contributed by atoms with E-state index in [1.54, 1.807) is 6.92 Å². The fraction of sp³-hybridized carbons (Fsp3) is 0.368. The smallest absolute Gasteiger partial charge is 0.406 e. The van der Waals surface area contributed by atoms with Crippen molar-refractivity contribution in [3.63, 3.8) is 0 Å². The van der Waals surface area contributed by atoms with Gasteiger partial charge in [0.15, 0.2) is 0 Å². The van der Waals surface area contributed by atoms with Crippen LogP contribution in [-0.2, 0) is 4.79 Å². The van der Waals surface area contributed by atoms with Crippen LogP contribution in [0, 0.1) is 12.8 Å². The van der Waals surface area contributed by atoms with Crippen molar-refractivity contribution in [2.24, 2.45) is 5.92 Å². The van der Waals surface area contributed by atoms with Gasteiger partial charge in [0, 0.05) is 17.9 Å². The minimum Gasteiger partial charge on any atom is -0.406 e. The molecule has 0 spiro atoms. The number of anilines is 1. The molecule has 1 saturated carbocycles. The number of benzene rings is 1. The average Bonchev–Trinajstić information content (AvgIpc) is 3.11. The van der Waals surface area contributed by atoms with Gasteiger partial charge in [-0.1, -0.05) is 6.42 Å². The predicted molar refractivity (Wildman–Crippen MR) is 97.1 cm³/mol. The first kappa shape index (κ1) is 20.6. The number of amides is 2. The molecular formula is C19H19F3N4O3. The Balaban J connectivity index is 1.59. The number of hydrogen-bond donors (Lipinski definition) is 2. The van der Waals surface area contributed by atoms with Gasteiger partial charge >= 0.3 is 6.36 Å². The lowest BCUT2D eigenvalue weighted by molar-refractivity contribution is -0.274. The van der Waals surface area contributed by atoms with E-state index in [0.29, 0.717) is 24.2 Å². The van der Waals surface area contributed by atoms with Crippen LogP contribution in [0.15, 0.2) is 36.7 Å². The first-order chi connectivity index (χ1) is 13.7. The first-order valence-corrected chi connectivity index (χ1v) is 8.97. The van der Waals surface area contributed by atoms with Gasteiger partial charge < -0.3 is 15.4 Å². The summed E-state index contributed by atoms with van der Waals surface area (Å²) in [7, 11) is 0. The van der Waals surface area contributed by atoms with Gasteiger partial charge in [0.1, 0.15) is 11.4 Å². The molecule has 29 heavy (non-hydrogen) atoms. The minimum absolute atomic E-state index is 0.168. The van der Waals surface area contributed by atoms with Gasteiger partial charge in [-0.2, -0.15) is 0 Å². The Bertz CT molecular complexity index is 870. The van der Waals surface area contributed by atoms with Crippen LogP contribution in [0.2, 0.25) is 0 Å². The highest BCUT2D eigenvalue weighted by molar-refractivity contribution is 5.95. The Labute approximate surface area is 164 Å². The number of hydrogen-bond acceptors (Lipinski definition) is 5. The van der Waals surface area contributed by atoms with Crippen LogP contribution < -0.4 is 15.4 Å². The normalized spacial score (nSPS) is 18.9. The Morgan fingerprint density at radius 2 is 1.83 bits per heavy atom. The SMILES string of the molecule is Cc1cnc(C(=O)N[C@@H]2CCC[C@@H]2C(=O)Nc2ccc(OC(F)(F)F)cc2)cn1. The number of alkyl halides is 3. The summed E-state index contributed by atoms with van der Waals surface area (Å²) in [4.78, 5) is 33.0. The number of carbonyl (C=O) groups excluding carboxylic acids is 2. The standard InChI is InChI=1S/C19H19F3N4O3/c1-11-9-24-16(10-23-11)18(28)26-15-4-2-3-14(15)17(27)25-12-5-7-13(8-6-12)29-19(20,21)22/h5-10,14-15H,2-4H2,1H3,(H,25,27)(H,26,28)/t14-,15+/m0/s1. The number of aromatic nitrogens is 2. The van der Waals surface area contributed by atoms with Crippen LogP contribution in [0.3, 0.4) is 0 Å². The molecule has 1 heterocycles. The number of aryl methyl sites for hydroxylation is 1. The van der Waals surface area contributed by atoms with Gasteiger partial charge in [-0.3, -0.25) is 14.6 Å². The third kappa shape index (κ3) is 5.66. The molecule has 1 aliphatic carbocycles. The fourth-order valence-electron chi connectivity index (χ4n) is 3.17. The number of ether oxygens (including phenoxy) is 1. The second-order valence-corrected chi connectivity index (χ2v) is 6.72. The lowest BCUT2D eigenvalue weighted by atomic mass is 10.0. The lowest BCUT2D eigenvalue weighted by Gasteiger charge is -2.20. The molecule has 2 atom stereocenters. The molecule has 154 valence electrons. The maximum absolute atomic E-state index is 12.6. The van der Waals surface area contributed by atoms with Crippen LogP contribution in [-0.4, -0.2) is 34.2 Å². The number of nitrogens with zero attached hydrogens (tertiary/aromatic N) is 2. The zero-order valence-electron chi connectivity index (χ0n) is 15.5. The minimum atomic E-state index is -4.78. The topological polar surface area (TPSA) is 93.2 Å². The van der Waals surface area contributed by atoms with Crippen molar-refractivity contribution in [1.82, 2.24) is 15.3 Å². The molecule has 0 saturated heterocycles. The van der Waals surface area contributed by atoms with E-state index in [9.17, 15) is 22.8 Å². The summed E-state index contributed by atoms with van der Waals surface area (Å²) in [6.45, 7) is 1.76. The molecule has 10 heteroatoms. The summed E-state index contributed by atoms with van der Waals surface area (Å²) in [6, 6.07) is 4.52. The zero-order chi connectivity index (χ0) is 21.0. The Hall–Kier alpha value is -3.17. The van der Waals surface area contributed by atoms with E-state index in [-0.39, 0.29) is 23.4 Å². The van der Waals surface area contributed by atoms with E-state index in [4.69, 9.17) is 0 Å². The van der Waals surface area contributed by atoms with E-state index < -0.39 is 18.2 Å². The molecule has 0 radical (unpaired) electrons. The fourth-order valence-corrected chi connectivity index (χ4v) is 3.17. The summed E-state index contributed by atoms with van der Waals surface area (Å²) < 4.78 is 40.4. The monoisotopic (exact) mass is 408 g/mol. The van der Waals surface area contributed by atoms with Crippen LogP contribution >= 0.6 is 0 Å². The molecule has 7 nitrogen and oxygen atoms in total. The molecule has 3 rings (SSSR count). The molecule has 0 bridgehead atoms. The second-order valence-electron chi connectivity index (χ2n) is 6.72. The highest BCUT2D eigenvalue weighted by Gasteiger charge is 2.34. The zero-order valence-corrected chi connectivity index (χ0v) is 15.5. The van der Waals surface area contributed by atoms with Crippen molar-refractivity contribution in [2.75, 3.05) is 5.32 Å². The number of carbonyl (C=O) groups is 2. The molecule has 2 amide bonds. The van der Waals surface area contributed by atoms with Gasteiger partial charge in [-0.15, -0.1) is 13.2 Å². The summed E-state index contributed by atoms with van der Waals surface area (Å²) in [5.74, 6) is -1.55. The van der Waals surface area contributed by atoms with Crippen LogP contribution in [0.5, 0.6) is 5.75 Å². The quantitative estimate of drug-likeness (QED) is 0.793. The summed E-state index contributed by atoms with van der Waals surface area (Å²) in [5, 5.41) is 5.49. The number of nitrogens with one attached hydrogen (secondary N) is 2. The molecule has 0 aliphatic heterocycles. The maximum Gasteiger partial charge on any atom is 0.573 e. The van der Waals surface area contributed by atoms with Crippen LogP contribution in [0.25, 0.3) is 0 Å². The highest BCUT2D eigenvalue weighted by atomic mass is 19.4. The van der Waals surface area contributed by atoms with Crippen LogP contribution in [0.1, 0.15) is 35.4 Å². The molecule has 1 aliphatic rings. The third-order valence-corrected chi connectivity index (χ3v) is 4.54. The van der Waals surface area contributed by atoms with Crippen molar-refractivity contribution in [1.29, 1.82) is 0 Å². The second kappa shape index (κ2) is 8.46. The van der Waals surface area contributed by atoms with Gasteiger partial charge in [-0.25, -0.2) is 4.98 Å². The summed E-state index contributed by atoms with van der Waals surface area (Å²) in [6.07, 6.45) is 0.0785. The number of rotatable bonds is 5. The van der Waals surface area contributed by atoms with E-state index in [0.717, 1.165) is 18.6 Å². The van der Waals surface area contributed by atoms with Crippen molar-refractivity contribution in [3.8, 4) is 5.75 Å². The van der Waals surface area contributed by atoms with Gasteiger partial charge in [0.25, 0.3) is 5.91 Å². The largest absolute Gasteiger partial charge is 0.573 e. The van der Waals surface area contributed by atoms with Crippen molar-refractivity contribution in [3.05, 3.63) is 48.0 Å². The first-order valence-electron chi connectivity index (χ1n) is 8.97. The Morgan fingerprint density at radius 1 is 1.10 bits per heavy atom. The van der Waals surface area contributed by atoms with Crippen molar-refractivity contribution >= 4 is 17.5 Å². The van der Waals surface area contributed by atoms with E-state index in [1.165, 1.54) is 24.5 Å². The van der Waals surface area contributed by atoms with E-state index in [2.05, 4.69) is 25.3 Å². The maximum atomic E-state index is 12.6. The summed E-state index contributed by atoms with van der Waals surface area (Å²) >= 11 is 0. The molecule has 2 N–H and O–H groups in total. The highest BCUT2D eigenvalue weighted by Crippen LogP contribution is 2.28. The molecule has 1 aromatic carbocycles. The van der Waals surface area contributed by atoms with Crippen molar-refractivity contribution < 1.29 is 27.5 Å². The Kier molecular flexibility index (Phi) is 6.00. The van der Waals surface area contributed by atoms with E-state index in [1.807, 2.05) is 0 Å². The molecule has 1 aromatic heterocycles. The van der Waals surface area contributed by atoms with Gasteiger partial charge in [0.2, 0.25) is 5.91 Å². The molecule has 1 fully saturated rings. The Morgan fingerprint density at radius 3 is 2.45 bits per heavy atom. The van der Waals surface area contributed by atoms with E-state index >= 15 is 0 Å². The predicted octanol–water partition coefficient (Wildman–Crippen LogP) is 3.22. The average molecular weight is 408 g/mol. The molecule has 2 aromatic rings. The molecule has 0 unspecified atom stereocenters. The number of halogens is 3. The van der Waals surface area contributed by atoms with Crippen LogP contribution in [0.4, 0.5) is 18.9 Å². The lowest BCUT2D eigenvalue weighted by Crippen LogP contribution is -2.42.